The molecule has 1 amide bonds. The van der Waals surface area contributed by atoms with Crippen molar-refractivity contribution in [2.45, 2.75) is 24.7 Å². The van der Waals surface area contributed by atoms with Gasteiger partial charge in [0.25, 0.3) is 0 Å². The largest absolute Gasteiger partial charge is 0.481 e. The molecule has 0 spiro atoms. The number of ether oxygens (including phenoxy) is 2. The Morgan fingerprint density at radius 1 is 1.32 bits per heavy atom. The summed E-state index contributed by atoms with van der Waals surface area (Å²) in [5.41, 5.74) is 0. The maximum Gasteiger partial charge on any atom is 0.250 e. The van der Waals surface area contributed by atoms with Gasteiger partial charge in [0.2, 0.25) is 5.91 Å². The molecule has 0 radical (unpaired) electrons. The van der Waals surface area contributed by atoms with E-state index in [4.69, 9.17) is 9.47 Å². The van der Waals surface area contributed by atoms with E-state index in [0.717, 1.165) is 0 Å². The van der Waals surface area contributed by atoms with Crippen LogP contribution in [0.25, 0.3) is 0 Å². The number of sulfone groups is 1. The number of amides is 1. The van der Waals surface area contributed by atoms with Crippen molar-refractivity contribution in [3.05, 3.63) is 24.3 Å². The van der Waals surface area contributed by atoms with Crippen LogP contribution in [0.1, 0.15) is 19.8 Å². The molecule has 1 saturated heterocycles. The van der Waals surface area contributed by atoms with Gasteiger partial charge in [-0.05, 0) is 44.0 Å². The Kier molecular flexibility index (Phi) is 6.82. The van der Waals surface area contributed by atoms with Crippen molar-refractivity contribution in [3.8, 4) is 17.6 Å². The zero-order valence-corrected chi connectivity index (χ0v) is 14.8. The second-order valence-corrected chi connectivity index (χ2v) is 7.51. The van der Waals surface area contributed by atoms with E-state index in [9.17, 15) is 18.4 Å². The second-order valence-electron chi connectivity index (χ2n) is 5.56. The molecule has 0 saturated carbocycles. The van der Waals surface area contributed by atoms with Crippen molar-refractivity contribution < 1.29 is 27.9 Å². The number of hydrogen-bond donors (Lipinski definition) is 1. The third-order valence-electron chi connectivity index (χ3n) is 3.79. The van der Waals surface area contributed by atoms with Crippen molar-refractivity contribution in [2.75, 3.05) is 25.7 Å². The zero-order valence-electron chi connectivity index (χ0n) is 14.0. The third-order valence-corrected chi connectivity index (χ3v) is 5.36. The highest BCUT2D eigenvalue weighted by molar-refractivity contribution is 7.91. The summed E-state index contributed by atoms with van der Waals surface area (Å²) in [6, 6.07) is 5.76. The summed E-state index contributed by atoms with van der Waals surface area (Å²) in [6.45, 7) is 2.77. The van der Waals surface area contributed by atoms with E-state index < -0.39 is 27.5 Å². The zero-order chi connectivity index (χ0) is 18.3. The summed E-state index contributed by atoms with van der Waals surface area (Å²) in [7, 11) is -3.84. The number of nitrogens with zero attached hydrogens (tertiary/aromatic N) is 1. The molecule has 1 aromatic rings. The molecular weight excluding hydrogens is 346 g/mol. The first kappa shape index (κ1) is 19.2. The number of carbonyl (C=O) groups is 1. The predicted molar refractivity (Wildman–Crippen MR) is 89.6 cm³/mol. The van der Waals surface area contributed by atoms with Crippen LogP contribution in [0, 0.1) is 17.8 Å². The summed E-state index contributed by atoms with van der Waals surface area (Å²) in [4.78, 5) is 12.1. The number of hydrogen-bond acceptors (Lipinski definition) is 6. The summed E-state index contributed by atoms with van der Waals surface area (Å²) in [5.74, 6) is 4.12. The highest BCUT2D eigenvalue weighted by atomic mass is 32.2. The van der Waals surface area contributed by atoms with Crippen LogP contribution in [0.15, 0.2) is 29.2 Å². The van der Waals surface area contributed by atoms with Crippen LogP contribution in [-0.2, 0) is 19.4 Å². The van der Waals surface area contributed by atoms with Gasteiger partial charge in [-0.3, -0.25) is 10.0 Å². The van der Waals surface area contributed by atoms with Gasteiger partial charge in [0.15, 0.2) is 15.7 Å². The van der Waals surface area contributed by atoms with Gasteiger partial charge in [-0.2, -0.15) is 0 Å². The van der Waals surface area contributed by atoms with Crippen LogP contribution in [0.5, 0.6) is 5.75 Å². The number of carbonyl (C=O) groups excluding carboxylic acids is 1. The molecule has 1 aliphatic heterocycles. The Labute approximate surface area is 147 Å². The number of rotatable bonds is 6. The molecule has 136 valence electrons. The molecule has 25 heavy (non-hydrogen) atoms. The molecule has 0 bridgehead atoms. The highest BCUT2D eigenvalue weighted by Crippen LogP contribution is 2.20. The van der Waals surface area contributed by atoms with Gasteiger partial charge in [0, 0.05) is 19.1 Å². The van der Waals surface area contributed by atoms with Gasteiger partial charge in [0.05, 0.1) is 4.90 Å². The van der Waals surface area contributed by atoms with Gasteiger partial charge >= 0.3 is 0 Å². The maximum atomic E-state index is 12.4. The molecule has 0 aromatic heterocycles. The van der Waals surface area contributed by atoms with E-state index in [1.54, 1.807) is 6.92 Å². The SMILES string of the molecule is CC#CCOc1ccc(S(=O)(=O)CN(O)C(=O)C2CCOCC2)cc1. The topological polar surface area (TPSA) is 93.1 Å². The molecule has 0 atom stereocenters. The normalized spacial score (nSPS) is 15.1. The van der Waals surface area contributed by atoms with E-state index in [1.165, 1.54) is 24.3 Å². The third kappa shape index (κ3) is 5.46. The van der Waals surface area contributed by atoms with Gasteiger partial charge in [-0.25, -0.2) is 13.5 Å². The lowest BCUT2D eigenvalue weighted by molar-refractivity contribution is -0.169. The van der Waals surface area contributed by atoms with E-state index in [2.05, 4.69) is 11.8 Å². The summed E-state index contributed by atoms with van der Waals surface area (Å²) in [6.07, 6.45) is 0.950. The van der Waals surface area contributed by atoms with Crippen LogP contribution in [0.2, 0.25) is 0 Å². The van der Waals surface area contributed by atoms with Crippen LogP contribution in [-0.4, -0.2) is 50.3 Å². The predicted octanol–water partition coefficient (Wildman–Crippen LogP) is 1.46. The fourth-order valence-electron chi connectivity index (χ4n) is 2.39. The smallest absolute Gasteiger partial charge is 0.250 e. The van der Waals surface area contributed by atoms with Crippen molar-refractivity contribution in [2.24, 2.45) is 5.92 Å². The Morgan fingerprint density at radius 2 is 1.96 bits per heavy atom. The molecule has 7 nitrogen and oxygen atoms in total. The minimum atomic E-state index is -3.84. The number of hydroxylamine groups is 2. The summed E-state index contributed by atoms with van der Waals surface area (Å²) >= 11 is 0. The average molecular weight is 367 g/mol. The maximum absolute atomic E-state index is 12.4. The van der Waals surface area contributed by atoms with Crippen LogP contribution in [0.3, 0.4) is 0 Å². The first-order valence-corrected chi connectivity index (χ1v) is 9.52. The summed E-state index contributed by atoms with van der Waals surface area (Å²) < 4.78 is 35.2. The van der Waals surface area contributed by atoms with E-state index in [1.807, 2.05) is 0 Å². The van der Waals surface area contributed by atoms with Crippen LogP contribution >= 0.6 is 0 Å². The van der Waals surface area contributed by atoms with Crippen LogP contribution in [0.4, 0.5) is 0 Å². The Morgan fingerprint density at radius 3 is 2.56 bits per heavy atom. The van der Waals surface area contributed by atoms with Crippen molar-refractivity contribution in [3.63, 3.8) is 0 Å². The average Bonchev–Trinajstić information content (AvgIpc) is 2.62. The molecule has 8 heteroatoms. The molecule has 0 unspecified atom stereocenters. The molecule has 0 aliphatic carbocycles. The second kappa shape index (κ2) is 8.85. The molecule has 1 N–H and O–H groups in total. The molecule has 1 aliphatic rings. The lowest BCUT2D eigenvalue weighted by Crippen LogP contribution is -2.39. The Hall–Kier alpha value is -2.08. The van der Waals surface area contributed by atoms with Gasteiger partial charge < -0.3 is 9.47 Å². The molecule has 1 fully saturated rings. The minimum absolute atomic E-state index is 0.000234. The van der Waals surface area contributed by atoms with Crippen molar-refractivity contribution >= 4 is 15.7 Å². The first-order valence-electron chi connectivity index (χ1n) is 7.87. The van der Waals surface area contributed by atoms with E-state index in [0.29, 0.717) is 31.8 Å². The van der Waals surface area contributed by atoms with Gasteiger partial charge in [-0.1, -0.05) is 5.92 Å². The van der Waals surface area contributed by atoms with Crippen molar-refractivity contribution in [1.82, 2.24) is 5.06 Å². The molecule has 1 aromatic carbocycles. The lowest BCUT2D eigenvalue weighted by atomic mass is 10.00. The van der Waals surface area contributed by atoms with Gasteiger partial charge in [-0.15, -0.1) is 5.92 Å². The standard InChI is InChI=1S/C17H21NO6S/c1-2-3-10-24-15-4-6-16(7-5-15)25(21,22)13-18(20)17(19)14-8-11-23-12-9-14/h4-7,14,20H,8-13H2,1H3. The summed E-state index contributed by atoms with van der Waals surface area (Å²) in [5, 5.41) is 10.2. The fraction of sp³-hybridized carbons (Fsp3) is 0.471. The minimum Gasteiger partial charge on any atom is -0.481 e. The molecule has 2 rings (SSSR count). The fourth-order valence-corrected chi connectivity index (χ4v) is 3.54. The Balaban J connectivity index is 1.99. The van der Waals surface area contributed by atoms with E-state index >= 15 is 0 Å². The van der Waals surface area contributed by atoms with E-state index in [-0.39, 0.29) is 16.6 Å². The highest BCUT2D eigenvalue weighted by Gasteiger charge is 2.29. The van der Waals surface area contributed by atoms with Crippen LogP contribution < -0.4 is 4.74 Å². The molecule has 1 heterocycles. The monoisotopic (exact) mass is 367 g/mol. The quantitative estimate of drug-likeness (QED) is 0.465. The first-order chi connectivity index (χ1) is 11.9. The number of benzene rings is 1. The molecular formula is C17H21NO6S. The van der Waals surface area contributed by atoms with Crippen molar-refractivity contribution in [1.29, 1.82) is 0 Å². The van der Waals surface area contributed by atoms with Gasteiger partial charge in [0.1, 0.15) is 12.4 Å². The Bertz CT molecular complexity index is 742. The lowest BCUT2D eigenvalue weighted by Gasteiger charge is -2.24.